The number of anilines is 1. The van der Waals surface area contributed by atoms with Crippen molar-refractivity contribution in [2.24, 2.45) is 11.8 Å². The summed E-state index contributed by atoms with van der Waals surface area (Å²) in [5.41, 5.74) is 3.48. The molecule has 3 heterocycles. The average molecular weight is 615 g/mol. The molecule has 5 aliphatic rings. The molecule has 1 amide bonds. The number of ether oxygens (including phenoxy) is 3. The zero-order valence-electron chi connectivity index (χ0n) is 24.0. The highest BCUT2D eigenvalue weighted by atomic mass is 35.5. The van der Waals surface area contributed by atoms with Crippen LogP contribution in [0.4, 0.5) is 5.69 Å². The summed E-state index contributed by atoms with van der Waals surface area (Å²) in [6.07, 6.45) is 6.28. The predicted octanol–water partition coefficient (Wildman–Crippen LogP) is 4.87. The van der Waals surface area contributed by atoms with Crippen molar-refractivity contribution in [1.82, 2.24) is 4.72 Å². The Morgan fingerprint density at radius 1 is 1.12 bits per heavy atom. The Morgan fingerprint density at radius 3 is 2.83 bits per heavy atom. The summed E-state index contributed by atoms with van der Waals surface area (Å²) < 4.78 is 47.3. The lowest BCUT2D eigenvalue weighted by Gasteiger charge is -2.48. The molecule has 0 unspecified atom stereocenters. The van der Waals surface area contributed by atoms with Crippen LogP contribution in [0.2, 0.25) is 5.02 Å². The molecular formula is C32H39ClN2O6S. The van der Waals surface area contributed by atoms with Crippen LogP contribution in [0.3, 0.4) is 0 Å². The maximum absolute atomic E-state index is 13.3. The van der Waals surface area contributed by atoms with Crippen LogP contribution in [0.15, 0.2) is 36.4 Å². The lowest BCUT2D eigenvalue weighted by atomic mass is 9.67. The molecular weight excluding hydrogens is 576 g/mol. The van der Waals surface area contributed by atoms with Crippen molar-refractivity contribution in [3.63, 3.8) is 0 Å². The van der Waals surface area contributed by atoms with E-state index in [-0.39, 0.29) is 23.4 Å². The van der Waals surface area contributed by atoms with Crippen LogP contribution < -0.4 is 14.4 Å². The second-order valence-electron chi connectivity index (χ2n) is 13.0. The van der Waals surface area contributed by atoms with Crippen LogP contribution >= 0.6 is 11.6 Å². The van der Waals surface area contributed by atoms with Gasteiger partial charge in [-0.3, -0.25) is 4.79 Å². The van der Waals surface area contributed by atoms with Gasteiger partial charge in [-0.15, -0.1) is 0 Å². The molecule has 2 aromatic carbocycles. The predicted molar refractivity (Wildman–Crippen MR) is 161 cm³/mol. The van der Waals surface area contributed by atoms with Gasteiger partial charge in [0.05, 0.1) is 36.4 Å². The number of rotatable bonds is 0. The zero-order valence-corrected chi connectivity index (χ0v) is 25.6. The number of aryl methyl sites for hydroxylation is 1. The Morgan fingerprint density at radius 2 is 2.00 bits per heavy atom. The van der Waals surface area contributed by atoms with E-state index in [0.29, 0.717) is 30.6 Å². The van der Waals surface area contributed by atoms with Gasteiger partial charge in [-0.25, -0.2) is 13.1 Å². The van der Waals surface area contributed by atoms with Crippen LogP contribution in [0.1, 0.15) is 66.9 Å². The molecule has 10 heteroatoms. The van der Waals surface area contributed by atoms with Crippen LogP contribution in [0.25, 0.3) is 0 Å². The third kappa shape index (κ3) is 5.42. The van der Waals surface area contributed by atoms with E-state index in [1.165, 1.54) is 11.1 Å². The first-order valence-corrected chi connectivity index (χ1v) is 17.3. The molecule has 1 N–H and O–H groups in total. The lowest BCUT2D eigenvalue weighted by molar-refractivity contribution is -0.126. The maximum Gasteiger partial charge on any atom is 0.264 e. The molecule has 226 valence electrons. The van der Waals surface area contributed by atoms with Crippen LogP contribution in [0, 0.1) is 11.8 Å². The fourth-order valence-corrected chi connectivity index (χ4v) is 9.36. The highest BCUT2D eigenvalue weighted by Gasteiger charge is 2.45. The number of carbonyl (C=O) groups is 1. The van der Waals surface area contributed by atoms with Gasteiger partial charge in [0.2, 0.25) is 10.0 Å². The van der Waals surface area contributed by atoms with Crippen molar-refractivity contribution in [3.05, 3.63) is 58.1 Å². The molecule has 2 aromatic rings. The highest BCUT2D eigenvalue weighted by Crippen LogP contribution is 2.47. The highest BCUT2D eigenvalue weighted by molar-refractivity contribution is 7.90. The molecule has 6 atom stereocenters. The normalized spacial score (nSPS) is 34.2. The largest absolute Gasteiger partial charge is 0.490 e. The molecule has 2 fully saturated rings. The second-order valence-corrected chi connectivity index (χ2v) is 15.2. The van der Waals surface area contributed by atoms with Crippen molar-refractivity contribution in [2.75, 3.05) is 37.0 Å². The third-order valence-electron chi connectivity index (χ3n) is 10.1. The number of carbonyl (C=O) groups excluding carboxylic acids is 1. The van der Waals surface area contributed by atoms with Crippen molar-refractivity contribution in [1.29, 1.82) is 0 Å². The van der Waals surface area contributed by atoms with Crippen molar-refractivity contribution < 1.29 is 27.4 Å². The van der Waals surface area contributed by atoms with E-state index < -0.39 is 22.0 Å². The summed E-state index contributed by atoms with van der Waals surface area (Å²) in [4.78, 5) is 15.7. The van der Waals surface area contributed by atoms with E-state index in [2.05, 4.69) is 21.8 Å². The molecule has 1 saturated carbocycles. The van der Waals surface area contributed by atoms with Crippen LogP contribution in [-0.4, -0.2) is 64.7 Å². The molecule has 42 heavy (non-hydrogen) atoms. The minimum atomic E-state index is -3.91. The number of nitrogens with zero attached hydrogens (tertiary/aromatic N) is 1. The summed E-state index contributed by atoms with van der Waals surface area (Å²) in [6.45, 7) is 4.46. The minimum absolute atomic E-state index is 0.0569. The van der Waals surface area contributed by atoms with E-state index in [1.54, 1.807) is 19.1 Å². The Kier molecular flexibility index (Phi) is 7.44. The van der Waals surface area contributed by atoms with Gasteiger partial charge in [0, 0.05) is 42.1 Å². The number of sulfonamides is 1. The summed E-state index contributed by atoms with van der Waals surface area (Å²) in [5.74, 6) is 0.657. The minimum Gasteiger partial charge on any atom is -0.490 e. The Balaban J connectivity index is 1.29. The molecule has 3 aliphatic heterocycles. The second kappa shape index (κ2) is 11.0. The van der Waals surface area contributed by atoms with Gasteiger partial charge in [0.1, 0.15) is 5.75 Å². The summed E-state index contributed by atoms with van der Waals surface area (Å²) in [6, 6.07) is 11.5. The zero-order chi connectivity index (χ0) is 29.1. The molecule has 0 radical (unpaired) electrons. The lowest BCUT2D eigenvalue weighted by Crippen LogP contribution is -2.51. The number of benzene rings is 2. The molecule has 1 spiro atoms. The van der Waals surface area contributed by atoms with Crippen LogP contribution in [-0.2, 0) is 31.3 Å². The molecule has 7 rings (SSSR count). The first-order valence-electron chi connectivity index (χ1n) is 15.3. The maximum atomic E-state index is 13.3. The van der Waals surface area contributed by atoms with Crippen molar-refractivity contribution in [2.45, 2.75) is 75.6 Å². The van der Waals surface area contributed by atoms with E-state index in [0.717, 1.165) is 74.5 Å². The number of nitrogens with one attached hydrogen (secondary N) is 1. The fourth-order valence-electron chi connectivity index (χ4n) is 7.99. The summed E-state index contributed by atoms with van der Waals surface area (Å²) >= 11 is 6.41. The number of hydrogen-bond acceptors (Lipinski definition) is 7. The number of hydrogen-bond donors (Lipinski definition) is 1. The standard InChI is InChI=1S/C32H39ClN2O6S/c1-20-17-42(37,38)34-31(36)22-5-9-29-28(14-22)35(16-23-4-7-26(23)30-15-25(41-20)10-12-39-30)18-32(19-40-29)11-2-3-21-13-24(33)6-8-27(21)32/h5-6,8-9,13-14,20,23,25-26,30H,2-4,7,10-12,15-19H2,1H3,(H,34,36)/t20-,23+,25-,26-,30-,32+/m1/s1. The Hall–Kier alpha value is -2.33. The fraction of sp³-hybridized carbons (Fsp3) is 0.594. The monoisotopic (exact) mass is 614 g/mol. The van der Waals surface area contributed by atoms with Crippen LogP contribution in [0.5, 0.6) is 5.75 Å². The summed E-state index contributed by atoms with van der Waals surface area (Å²) in [7, 11) is -3.91. The third-order valence-corrected chi connectivity index (χ3v) is 11.7. The number of fused-ring (bicyclic) bond motifs is 7. The quantitative estimate of drug-likeness (QED) is 0.453. The van der Waals surface area contributed by atoms with E-state index in [4.69, 9.17) is 25.8 Å². The smallest absolute Gasteiger partial charge is 0.264 e. The first kappa shape index (κ1) is 28.4. The van der Waals surface area contributed by atoms with Gasteiger partial charge < -0.3 is 19.1 Å². The van der Waals surface area contributed by atoms with Gasteiger partial charge in [-0.05, 0) is 98.7 Å². The first-order chi connectivity index (χ1) is 20.2. The molecule has 1 saturated heterocycles. The topological polar surface area (TPSA) is 94.2 Å². The number of halogens is 1. The summed E-state index contributed by atoms with van der Waals surface area (Å²) in [5, 5.41) is 0.751. The van der Waals surface area contributed by atoms with Gasteiger partial charge in [-0.1, -0.05) is 17.7 Å². The van der Waals surface area contributed by atoms with E-state index in [9.17, 15) is 13.2 Å². The Labute approximate surface area is 253 Å². The average Bonchev–Trinajstić information content (AvgIpc) is 3.07. The van der Waals surface area contributed by atoms with Gasteiger partial charge in [0.25, 0.3) is 5.91 Å². The van der Waals surface area contributed by atoms with Crippen molar-refractivity contribution >= 4 is 33.2 Å². The molecule has 0 aromatic heterocycles. The van der Waals surface area contributed by atoms with Gasteiger partial charge in [0.15, 0.2) is 0 Å². The molecule has 2 aliphatic carbocycles. The Bertz CT molecular complexity index is 1480. The van der Waals surface area contributed by atoms with E-state index >= 15 is 0 Å². The van der Waals surface area contributed by atoms with Gasteiger partial charge >= 0.3 is 0 Å². The molecule has 4 bridgehead atoms. The SMILES string of the molecule is C[C@@H]1CS(=O)(=O)NC(=O)c2ccc3c(c2)N(C[C@@H]2CC[C@H]2[C@H]2C[C@@H](CCO2)O1)C[C@@]1(CCCc2cc(Cl)ccc21)CO3. The van der Waals surface area contributed by atoms with E-state index in [1.807, 2.05) is 12.1 Å². The van der Waals surface area contributed by atoms with Gasteiger partial charge in [-0.2, -0.15) is 0 Å². The number of amides is 1. The molecule has 8 nitrogen and oxygen atoms in total. The van der Waals surface area contributed by atoms with Crippen molar-refractivity contribution in [3.8, 4) is 5.75 Å².